The molecule has 0 aliphatic carbocycles. The van der Waals surface area contributed by atoms with Crippen molar-refractivity contribution in [3.8, 4) is 5.06 Å². The van der Waals surface area contributed by atoms with E-state index in [2.05, 4.69) is 6.92 Å². The van der Waals surface area contributed by atoms with E-state index in [1.807, 2.05) is 18.4 Å². The van der Waals surface area contributed by atoms with Crippen LogP contribution < -0.4 is 4.52 Å². The molecule has 0 aromatic carbocycles. The lowest BCUT2D eigenvalue weighted by molar-refractivity contribution is 0.512. The molecule has 1 N–H and O–H groups in total. The minimum Gasteiger partial charge on any atom is -0.426 e. The van der Waals surface area contributed by atoms with Crippen LogP contribution >= 0.6 is 28.4 Å². The van der Waals surface area contributed by atoms with E-state index in [-0.39, 0.29) is 0 Å². The van der Waals surface area contributed by atoms with Crippen LogP contribution in [0.1, 0.15) is 18.9 Å². The zero-order valence-electron chi connectivity index (χ0n) is 8.10. The molecule has 0 amide bonds. The van der Waals surface area contributed by atoms with E-state index < -0.39 is 5.69 Å². The zero-order valence-corrected chi connectivity index (χ0v) is 11.4. The summed E-state index contributed by atoms with van der Waals surface area (Å²) >= 11 is 7.84. The van der Waals surface area contributed by atoms with Gasteiger partial charge in [-0.05, 0) is 42.2 Å². The summed E-state index contributed by atoms with van der Waals surface area (Å²) in [5, 5.41) is 2.70. The van der Waals surface area contributed by atoms with Crippen molar-refractivity contribution in [1.29, 1.82) is 0 Å². The fourth-order valence-electron chi connectivity index (χ4n) is 0.800. The standard InChI is InChI=1S/C8H13O2PS3/c1-3-4-14-11(9,12)10-8-5-7(2)6-13-8/h5-6H,3-4H2,1-2H3,(H,9,12). The molecule has 0 fully saturated rings. The maximum absolute atomic E-state index is 9.78. The molecule has 0 saturated heterocycles. The van der Waals surface area contributed by atoms with Gasteiger partial charge in [0.1, 0.15) is 0 Å². The van der Waals surface area contributed by atoms with E-state index in [1.165, 1.54) is 22.7 Å². The number of hydrogen-bond donors (Lipinski definition) is 1. The van der Waals surface area contributed by atoms with Gasteiger partial charge in [0.15, 0.2) is 5.06 Å². The maximum Gasteiger partial charge on any atom is 0.295 e. The van der Waals surface area contributed by atoms with Crippen molar-refractivity contribution in [3.63, 3.8) is 0 Å². The molecule has 1 aromatic heterocycles. The van der Waals surface area contributed by atoms with Crippen LogP contribution in [-0.4, -0.2) is 10.6 Å². The summed E-state index contributed by atoms with van der Waals surface area (Å²) in [7, 11) is 0. The van der Waals surface area contributed by atoms with Gasteiger partial charge in [0, 0.05) is 5.75 Å². The Morgan fingerprint density at radius 2 is 2.43 bits per heavy atom. The van der Waals surface area contributed by atoms with Gasteiger partial charge in [-0.2, -0.15) is 0 Å². The van der Waals surface area contributed by atoms with E-state index in [0.717, 1.165) is 22.8 Å². The summed E-state index contributed by atoms with van der Waals surface area (Å²) < 4.78 is 5.39. The molecule has 0 radical (unpaired) electrons. The molecular formula is C8H13O2PS3. The molecule has 1 unspecified atom stereocenters. The van der Waals surface area contributed by atoms with Crippen LogP contribution in [0.4, 0.5) is 0 Å². The van der Waals surface area contributed by atoms with Crippen molar-refractivity contribution >= 4 is 40.2 Å². The van der Waals surface area contributed by atoms with E-state index in [4.69, 9.17) is 16.3 Å². The van der Waals surface area contributed by atoms with E-state index in [9.17, 15) is 4.89 Å². The normalized spacial score (nSPS) is 15.1. The molecular weight excluding hydrogens is 255 g/mol. The average molecular weight is 268 g/mol. The van der Waals surface area contributed by atoms with Gasteiger partial charge >= 0.3 is 0 Å². The minimum absolute atomic E-state index is 0.719. The Morgan fingerprint density at radius 3 is 2.93 bits per heavy atom. The topological polar surface area (TPSA) is 29.5 Å². The lowest BCUT2D eigenvalue weighted by Crippen LogP contribution is -1.86. The van der Waals surface area contributed by atoms with Gasteiger partial charge in [-0.1, -0.05) is 18.3 Å². The van der Waals surface area contributed by atoms with Gasteiger partial charge in [-0.3, -0.25) is 0 Å². The lowest BCUT2D eigenvalue weighted by Gasteiger charge is -2.13. The third kappa shape index (κ3) is 4.32. The monoisotopic (exact) mass is 268 g/mol. The largest absolute Gasteiger partial charge is 0.426 e. The van der Waals surface area contributed by atoms with Gasteiger partial charge in [-0.15, -0.1) is 11.3 Å². The van der Waals surface area contributed by atoms with Gasteiger partial charge < -0.3 is 9.42 Å². The molecule has 1 aromatic rings. The third-order valence-corrected chi connectivity index (χ3v) is 6.68. The van der Waals surface area contributed by atoms with Crippen LogP contribution in [0.15, 0.2) is 11.4 Å². The predicted octanol–water partition coefficient (Wildman–Crippen LogP) is 3.80. The smallest absolute Gasteiger partial charge is 0.295 e. The summed E-state index contributed by atoms with van der Waals surface area (Å²) in [6.45, 7) is 4.04. The summed E-state index contributed by atoms with van der Waals surface area (Å²) in [4.78, 5) is 9.78. The summed E-state index contributed by atoms with van der Waals surface area (Å²) in [6, 6.07) is 1.90. The first-order valence-corrected chi connectivity index (χ1v) is 9.40. The molecule has 80 valence electrons. The Morgan fingerprint density at radius 1 is 1.71 bits per heavy atom. The second-order valence-electron chi connectivity index (χ2n) is 2.84. The molecule has 0 aliphatic heterocycles. The molecule has 2 nitrogen and oxygen atoms in total. The van der Waals surface area contributed by atoms with Crippen molar-refractivity contribution in [2.45, 2.75) is 20.3 Å². The molecule has 0 spiro atoms. The second-order valence-corrected chi connectivity index (χ2v) is 9.93. The first-order valence-electron chi connectivity index (χ1n) is 4.25. The van der Waals surface area contributed by atoms with Crippen LogP contribution in [0, 0.1) is 6.92 Å². The zero-order chi connectivity index (χ0) is 10.6. The van der Waals surface area contributed by atoms with Crippen molar-refractivity contribution < 1.29 is 9.42 Å². The van der Waals surface area contributed by atoms with Crippen LogP contribution in [0.25, 0.3) is 0 Å². The molecule has 0 aliphatic rings. The van der Waals surface area contributed by atoms with Crippen LogP contribution in [0.3, 0.4) is 0 Å². The Bertz CT molecular complexity index is 337. The first-order chi connectivity index (χ1) is 6.53. The Hall–Kier alpha value is 0.460. The molecule has 1 heterocycles. The van der Waals surface area contributed by atoms with Crippen molar-refractivity contribution in [1.82, 2.24) is 0 Å². The molecule has 1 atom stereocenters. The third-order valence-electron chi connectivity index (χ3n) is 1.37. The van der Waals surface area contributed by atoms with E-state index in [0.29, 0.717) is 0 Å². The number of rotatable bonds is 5. The fraction of sp³-hybridized carbons (Fsp3) is 0.500. The number of hydrogen-bond acceptors (Lipinski definition) is 4. The highest BCUT2D eigenvalue weighted by atomic mass is 32.9. The SMILES string of the molecule is CCCSP(O)(=S)Oc1cc(C)cs1. The highest BCUT2D eigenvalue weighted by Gasteiger charge is 2.16. The first kappa shape index (κ1) is 12.5. The van der Waals surface area contributed by atoms with Crippen LogP contribution in [-0.2, 0) is 11.8 Å². The van der Waals surface area contributed by atoms with E-state index >= 15 is 0 Å². The predicted molar refractivity (Wildman–Crippen MR) is 68.9 cm³/mol. The number of thiophene rings is 1. The number of aryl methyl sites for hydroxylation is 1. The Balaban J connectivity index is 2.54. The van der Waals surface area contributed by atoms with E-state index in [1.54, 1.807) is 0 Å². The lowest BCUT2D eigenvalue weighted by atomic mass is 10.4. The fourth-order valence-corrected chi connectivity index (χ4v) is 5.50. The summed E-state index contributed by atoms with van der Waals surface area (Å²) in [6.07, 6.45) is 0.996. The highest BCUT2D eigenvalue weighted by Crippen LogP contribution is 2.56. The van der Waals surface area contributed by atoms with Crippen LogP contribution in [0.5, 0.6) is 5.06 Å². The summed E-state index contributed by atoms with van der Waals surface area (Å²) in [5.41, 5.74) is -1.52. The summed E-state index contributed by atoms with van der Waals surface area (Å²) in [5.74, 6) is 0.845. The molecule has 0 bridgehead atoms. The minimum atomic E-state index is -2.66. The maximum atomic E-state index is 9.78. The molecule has 0 saturated carbocycles. The van der Waals surface area contributed by atoms with Gasteiger partial charge in [0.25, 0.3) is 5.69 Å². The van der Waals surface area contributed by atoms with Crippen molar-refractivity contribution in [3.05, 3.63) is 17.0 Å². The Kier molecular flexibility index (Phi) is 4.94. The molecule has 1 rings (SSSR count). The van der Waals surface area contributed by atoms with Crippen molar-refractivity contribution in [2.24, 2.45) is 0 Å². The quantitative estimate of drug-likeness (QED) is 0.823. The Labute approximate surface area is 97.6 Å². The second kappa shape index (κ2) is 5.52. The molecule has 6 heteroatoms. The van der Waals surface area contributed by atoms with Gasteiger partial charge in [-0.25, -0.2) is 0 Å². The van der Waals surface area contributed by atoms with Gasteiger partial charge in [0.05, 0.1) is 0 Å². The highest BCUT2D eigenvalue weighted by molar-refractivity contribution is 8.67. The molecule has 14 heavy (non-hydrogen) atoms. The van der Waals surface area contributed by atoms with Crippen LogP contribution in [0.2, 0.25) is 0 Å². The van der Waals surface area contributed by atoms with Crippen molar-refractivity contribution in [2.75, 3.05) is 5.75 Å². The average Bonchev–Trinajstić information content (AvgIpc) is 2.47. The van der Waals surface area contributed by atoms with Gasteiger partial charge in [0.2, 0.25) is 0 Å².